The Morgan fingerprint density at radius 2 is 2.26 bits per heavy atom. The number of hydrogen-bond donors (Lipinski definition) is 2. The van der Waals surface area contributed by atoms with Gasteiger partial charge in [-0.1, -0.05) is 11.8 Å². The highest BCUT2D eigenvalue weighted by Crippen LogP contribution is 2.18. The summed E-state index contributed by atoms with van der Waals surface area (Å²) in [5.41, 5.74) is 0.433. The highest BCUT2D eigenvalue weighted by molar-refractivity contribution is 8.00. The molecule has 0 saturated heterocycles. The fourth-order valence-electron chi connectivity index (χ4n) is 2.07. The number of rotatable bonds is 7. The second-order valence-corrected chi connectivity index (χ2v) is 6.59. The van der Waals surface area contributed by atoms with E-state index < -0.39 is 0 Å². The molecule has 0 aliphatic rings. The van der Waals surface area contributed by atoms with Crippen molar-refractivity contribution in [3.05, 3.63) is 40.3 Å². The van der Waals surface area contributed by atoms with Crippen LogP contribution in [0.2, 0.25) is 0 Å². The van der Waals surface area contributed by atoms with E-state index in [0.29, 0.717) is 17.4 Å². The number of nitrogens with zero attached hydrogens (tertiary/aromatic N) is 3. The molecular weight excluding hydrogens is 314 g/mol. The van der Waals surface area contributed by atoms with Crippen LogP contribution < -0.4 is 10.9 Å². The molecule has 7 nitrogen and oxygen atoms in total. The van der Waals surface area contributed by atoms with Gasteiger partial charge < -0.3 is 14.9 Å². The van der Waals surface area contributed by atoms with Gasteiger partial charge in [-0.3, -0.25) is 9.59 Å². The molecule has 8 heteroatoms. The minimum atomic E-state index is -0.324. The average Bonchev–Trinajstić information content (AvgIpc) is 2.87. The summed E-state index contributed by atoms with van der Waals surface area (Å²) in [5, 5.41) is 3.04. The topological polar surface area (TPSA) is 92.7 Å². The van der Waals surface area contributed by atoms with E-state index >= 15 is 0 Å². The van der Waals surface area contributed by atoms with Gasteiger partial charge in [0, 0.05) is 37.2 Å². The Morgan fingerprint density at radius 1 is 1.48 bits per heavy atom. The van der Waals surface area contributed by atoms with E-state index in [1.807, 2.05) is 17.7 Å². The van der Waals surface area contributed by atoms with Crippen molar-refractivity contribution in [2.45, 2.75) is 44.1 Å². The lowest BCUT2D eigenvalue weighted by molar-refractivity contribution is -0.120. The van der Waals surface area contributed by atoms with Crippen LogP contribution in [-0.4, -0.2) is 37.2 Å². The summed E-state index contributed by atoms with van der Waals surface area (Å²) in [7, 11) is 0. The molecule has 2 rings (SSSR count). The van der Waals surface area contributed by atoms with Gasteiger partial charge in [-0.05, 0) is 27.2 Å². The van der Waals surface area contributed by atoms with E-state index in [4.69, 9.17) is 0 Å². The van der Waals surface area contributed by atoms with Gasteiger partial charge in [0.25, 0.3) is 5.56 Å². The van der Waals surface area contributed by atoms with Crippen molar-refractivity contribution in [2.75, 3.05) is 6.54 Å². The minimum absolute atomic E-state index is 0.0680. The van der Waals surface area contributed by atoms with Crippen molar-refractivity contribution in [3.63, 3.8) is 0 Å². The van der Waals surface area contributed by atoms with Crippen molar-refractivity contribution >= 4 is 17.7 Å². The fourth-order valence-corrected chi connectivity index (χ4v) is 2.95. The van der Waals surface area contributed by atoms with Crippen LogP contribution in [0, 0.1) is 13.8 Å². The van der Waals surface area contributed by atoms with Gasteiger partial charge in [0.15, 0.2) is 5.16 Å². The smallest absolute Gasteiger partial charge is 0.251 e. The highest BCUT2D eigenvalue weighted by atomic mass is 32.2. The lowest BCUT2D eigenvalue weighted by Crippen LogP contribution is -2.32. The van der Waals surface area contributed by atoms with E-state index in [2.05, 4.69) is 20.3 Å². The number of carbonyl (C=O) groups excluding carboxylic acids is 1. The maximum atomic E-state index is 12.1. The molecule has 0 spiro atoms. The van der Waals surface area contributed by atoms with Crippen LogP contribution in [-0.2, 0) is 11.3 Å². The molecule has 0 radical (unpaired) electrons. The summed E-state index contributed by atoms with van der Waals surface area (Å²) in [4.78, 5) is 34.5. The highest BCUT2D eigenvalue weighted by Gasteiger charge is 2.15. The third kappa shape index (κ3) is 5.24. The van der Waals surface area contributed by atoms with Crippen molar-refractivity contribution in [2.24, 2.45) is 0 Å². The number of hydrogen-bond acceptors (Lipinski definition) is 5. The number of thioether (sulfide) groups is 1. The Balaban J connectivity index is 1.76. The van der Waals surface area contributed by atoms with Crippen LogP contribution in [0.3, 0.4) is 0 Å². The largest absolute Gasteiger partial charge is 0.355 e. The normalized spacial score (nSPS) is 12.1. The third-order valence-corrected chi connectivity index (χ3v) is 4.29. The zero-order valence-corrected chi connectivity index (χ0v) is 14.3. The molecule has 0 fully saturated rings. The number of imidazole rings is 1. The predicted octanol–water partition coefficient (Wildman–Crippen LogP) is 1.27. The van der Waals surface area contributed by atoms with Crippen molar-refractivity contribution < 1.29 is 4.79 Å². The molecule has 2 aromatic heterocycles. The van der Waals surface area contributed by atoms with Crippen LogP contribution >= 0.6 is 11.8 Å². The molecular formula is C15H21N5O2S. The molecule has 0 aromatic carbocycles. The molecule has 23 heavy (non-hydrogen) atoms. The second kappa shape index (κ2) is 7.96. The van der Waals surface area contributed by atoms with Crippen molar-refractivity contribution in [3.8, 4) is 0 Å². The van der Waals surface area contributed by atoms with Gasteiger partial charge in [-0.2, -0.15) is 0 Å². The monoisotopic (exact) mass is 335 g/mol. The number of carbonyl (C=O) groups is 1. The Morgan fingerprint density at radius 3 is 2.91 bits per heavy atom. The molecule has 2 N–H and O–H groups in total. The van der Waals surface area contributed by atoms with Crippen molar-refractivity contribution in [1.29, 1.82) is 0 Å². The fraction of sp³-hybridized carbons (Fsp3) is 0.467. The number of H-pyrrole nitrogens is 1. The first-order valence-corrected chi connectivity index (χ1v) is 8.34. The number of aromatic amines is 1. The van der Waals surface area contributed by atoms with Gasteiger partial charge in [0.05, 0.1) is 5.25 Å². The lowest BCUT2D eigenvalue weighted by atomic mass is 10.3. The van der Waals surface area contributed by atoms with Gasteiger partial charge in [-0.25, -0.2) is 9.97 Å². The third-order valence-electron chi connectivity index (χ3n) is 3.30. The van der Waals surface area contributed by atoms with Crippen LogP contribution in [0.4, 0.5) is 0 Å². The molecule has 0 bridgehead atoms. The Kier molecular flexibility index (Phi) is 5.97. The quantitative estimate of drug-likeness (QED) is 0.451. The summed E-state index contributed by atoms with van der Waals surface area (Å²) in [6.07, 6.45) is 4.53. The number of aromatic nitrogens is 4. The molecule has 0 aliphatic heterocycles. The molecule has 1 amide bonds. The van der Waals surface area contributed by atoms with Gasteiger partial charge >= 0.3 is 0 Å². The van der Waals surface area contributed by atoms with Crippen LogP contribution in [0.15, 0.2) is 28.4 Å². The molecule has 2 aromatic rings. The maximum absolute atomic E-state index is 12.1. The van der Waals surface area contributed by atoms with E-state index in [0.717, 1.165) is 18.8 Å². The first-order chi connectivity index (χ1) is 11.0. The van der Waals surface area contributed by atoms with Gasteiger partial charge in [-0.15, -0.1) is 0 Å². The maximum Gasteiger partial charge on any atom is 0.251 e. The average molecular weight is 335 g/mol. The number of amides is 1. The summed E-state index contributed by atoms with van der Waals surface area (Å²) in [6, 6.07) is 1.42. The molecule has 0 saturated carbocycles. The Bertz CT molecular complexity index is 725. The van der Waals surface area contributed by atoms with Crippen LogP contribution in [0.1, 0.15) is 24.9 Å². The second-order valence-electron chi connectivity index (χ2n) is 5.26. The Labute approximate surface area is 138 Å². The standard InChI is InChI=1S/C15H21N5O2S/c1-10-9-13(21)19-15(18-10)23-11(2)14(22)17-5-4-7-20-8-6-16-12(20)3/h6,8-9,11H,4-5,7H2,1-3H3,(H,17,22)(H,18,19,21)/t11-/m0/s1. The van der Waals surface area contributed by atoms with E-state index in [1.165, 1.54) is 17.8 Å². The van der Waals surface area contributed by atoms with Gasteiger partial charge in [0.2, 0.25) is 5.91 Å². The first-order valence-electron chi connectivity index (χ1n) is 7.46. The van der Waals surface area contributed by atoms with Crippen LogP contribution in [0.25, 0.3) is 0 Å². The molecule has 0 aliphatic carbocycles. The zero-order chi connectivity index (χ0) is 16.8. The summed E-state index contributed by atoms with van der Waals surface area (Å²) in [6.45, 7) is 6.91. The molecule has 0 unspecified atom stereocenters. The van der Waals surface area contributed by atoms with E-state index in [-0.39, 0.29) is 16.7 Å². The number of aryl methyl sites for hydroxylation is 3. The van der Waals surface area contributed by atoms with Crippen LogP contribution in [0.5, 0.6) is 0 Å². The Hall–Kier alpha value is -2.09. The number of nitrogens with one attached hydrogen (secondary N) is 2. The first kappa shape index (κ1) is 17.3. The summed E-state index contributed by atoms with van der Waals surface area (Å²) >= 11 is 1.24. The SMILES string of the molecule is Cc1cc(=O)[nH]c(S[C@@H](C)C(=O)NCCCn2ccnc2C)n1. The summed E-state index contributed by atoms with van der Waals surface area (Å²) < 4.78 is 2.05. The van der Waals surface area contributed by atoms with Crippen molar-refractivity contribution in [1.82, 2.24) is 24.8 Å². The summed E-state index contributed by atoms with van der Waals surface area (Å²) in [5.74, 6) is 0.899. The lowest BCUT2D eigenvalue weighted by Gasteiger charge is -2.12. The predicted molar refractivity (Wildman–Crippen MR) is 89.5 cm³/mol. The molecule has 2 heterocycles. The van der Waals surface area contributed by atoms with E-state index in [9.17, 15) is 9.59 Å². The molecule has 1 atom stereocenters. The van der Waals surface area contributed by atoms with Gasteiger partial charge in [0.1, 0.15) is 5.82 Å². The minimum Gasteiger partial charge on any atom is -0.355 e. The molecule has 124 valence electrons. The zero-order valence-electron chi connectivity index (χ0n) is 13.5. The van der Waals surface area contributed by atoms with E-state index in [1.54, 1.807) is 20.0 Å².